The van der Waals surface area contributed by atoms with Gasteiger partial charge in [-0.3, -0.25) is 19.3 Å². The summed E-state index contributed by atoms with van der Waals surface area (Å²) in [7, 11) is 0. The molecule has 9 nitrogen and oxygen atoms in total. The maximum Gasteiger partial charge on any atom is 0.253 e. The fourth-order valence-electron chi connectivity index (χ4n) is 6.95. The lowest BCUT2D eigenvalue weighted by Gasteiger charge is -2.52. The first-order valence-corrected chi connectivity index (χ1v) is 15.9. The molecule has 1 atom stereocenters. The van der Waals surface area contributed by atoms with Crippen LogP contribution in [0.15, 0.2) is 24.3 Å². The highest BCUT2D eigenvalue weighted by Gasteiger charge is 2.53. The van der Waals surface area contributed by atoms with Gasteiger partial charge in [0.1, 0.15) is 11.6 Å². The third kappa shape index (κ3) is 7.10. The van der Waals surface area contributed by atoms with Crippen LogP contribution in [0.25, 0.3) is 5.69 Å². The van der Waals surface area contributed by atoms with Crippen LogP contribution in [0.3, 0.4) is 0 Å². The van der Waals surface area contributed by atoms with E-state index in [1.807, 2.05) is 45.7 Å². The van der Waals surface area contributed by atoms with Crippen LogP contribution in [0.2, 0.25) is 0 Å². The average molecular weight is 650 g/mol. The summed E-state index contributed by atoms with van der Waals surface area (Å²) < 4.78 is 1.97. The van der Waals surface area contributed by atoms with Crippen molar-refractivity contribution in [2.45, 2.75) is 97.7 Å². The minimum absolute atomic E-state index is 0. The number of likely N-dealkylation sites (tertiary alicyclic amines) is 2. The fraction of sp³-hybridized carbons (Fsp3) is 0.636. The van der Waals surface area contributed by atoms with E-state index in [1.165, 1.54) is 5.56 Å². The van der Waals surface area contributed by atoms with Crippen LogP contribution in [-0.2, 0) is 16.1 Å². The number of nitrogens with zero attached hydrogens (tertiary/aromatic N) is 5. The SMILES string of the molecule is CCCCN1C(=O)[C@H](CC(C)C)NC(=O)C12CCN(Cc1c(C)nn(-c3ccc(C(=O)N4CCCC4)cc3)c1C)CC2.Cl.Cl. The minimum Gasteiger partial charge on any atom is -0.342 e. The Morgan fingerprint density at radius 1 is 1.02 bits per heavy atom. The number of aryl methyl sites for hydroxylation is 1. The lowest BCUT2D eigenvalue weighted by molar-refractivity contribution is -0.161. The van der Waals surface area contributed by atoms with Gasteiger partial charge in [0.25, 0.3) is 5.91 Å². The predicted molar refractivity (Wildman–Crippen MR) is 178 cm³/mol. The summed E-state index contributed by atoms with van der Waals surface area (Å²) in [6, 6.07) is 7.35. The van der Waals surface area contributed by atoms with E-state index < -0.39 is 11.6 Å². The van der Waals surface area contributed by atoms with E-state index in [0.29, 0.717) is 31.7 Å². The topological polar surface area (TPSA) is 90.8 Å². The molecule has 1 spiro atoms. The molecular weight excluding hydrogens is 599 g/mol. The van der Waals surface area contributed by atoms with Crippen molar-refractivity contribution in [2.24, 2.45) is 5.92 Å². The second kappa shape index (κ2) is 15.1. The zero-order valence-corrected chi connectivity index (χ0v) is 28.6. The molecule has 3 fully saturated rings. The molecule has 3 aliphatic heterocycles. The number of hydrogen-bond donors (Lipinski definition) is 1. The Morgan fingerprint density at radius 3 is 2.25 bits per heavy atom. The first-order chi connectivity index (χ1) is 20.1. The van der Waals surface area contributed by atoms with Gasteiger partial charge < -0.3 is 15.1 Å². The molecule has 1 aromatic carbocycles. The zero-order chi connectivity index (χ0) is 30.0. The quantitative estimate of drug-likeness (QED) is 0.410. The van der Waals surface area contributed by atoms with Crippen LogP contribution in [-0.4, -0.2) is 86.5 Å². The third-order valence-corrected chi connectivity index (χ3v) is 9.51. The maximum absolute atomic E-state index is 13.6. The van der Waals surface area contributed by atoms with Crippen molar-refractivity contribution in [3.63, 3.8) is 0 Å². The van der Waals surface area contributed by atoms with Gasteiger partial charge in [-0.05, 0) is 82.6 Å². The van der Waals surface area contributed by atoms with Gasteiger partial charge in [-0.15, -0.1) is 24.8 Å². The number of piperidine rings is 1. The van der Waals surface area contributed by atoms with Gasteiger partial charge in [-0.2, -0.15) is 5.10 Å². The van der Waals surface area contributed by atoms with Crippen LogP contribution >= 0.6 is 24.8 Å². The average Bonchev–Trinajstić information content (AvgIpc) is 3.61. The van der Waals surface area contributed by atoms with E-state index in [1.54, 1.807) is 0 Å². The number of aromatic nitrogens is 2. The molecule has 0 saturated carbocycles. The smallest absolute Gasteiger partial charge is 0.253 e. The number of benzene rings is 1. The Hall–Kier alpha value is -2.62. The summed E-state index contributed by atoms with van der Waals surface area (Å²) in [5, 5.41) is 7.97. The first kappa shape index (κ1) is 35.9. The summed E-state index contributed by atoms with van der Waals surface area (Å²) in [5.41, 5.74) is 4.16. The van der Waals surface area contributed by atoms with E-state index >= 15 is 0 Å². The molecule has 2 aromatic rings. The normalized spacial score (nSPS) is 20.1. The predicted octanol–water partition coefficient (Wildman–Crippen LogP) is 5.08. The summed E-state index contributed by atoms with van der Waals surface area (Å²) in [4.78, 5) is 46.2. The summed E-state index contributed by atoms with van der Waals surface area (Å²) in [5.74, 6) is 0.556. The van der Waals surface area contributed by atoms with Crippen LogP contribution in [0.1, 0.15) is 93.0 Å². The lowest BCUT2D eigenvalue weighted by Crippen LogP contribution is -2.73. The first-order valence-electron chi connectivity index (χ1n) is 15.9. The van der Waals surface area contributed by atoms with Crippen LogP contribution in [0.5, 0.6) is 0 Å². The summed E-state index contributed by atoms with van der Waals surface area (Å²) in [6.45, 7) is 15.0. The molecule has 3 amide bonds. The summed E-state index contributed by atoms with van der Waals surface area (Å²) >= 11 is 0. The molecule has 5 rings (SSSR count). The molecule has 244 valence electrons. The Balaban J connectivity index is 0.00000264. The van der Waals surface area contributed by atoms with Crippen molar-refractivity contribution in [3.05, 3.63) is 46.8 Å². The molecule has 0 unspecified atom stereocenters. The van der Waals surface area contributed by atoms with Crippen molar-refractivity contribution >= 4 is 42.5 Å². The molecular formula is C33H50Cl2N6O3. The molecule has 3 saturated heterocycles. The standard InChI is InChI=1S/C33H48N6O3.2ClH/c1-6-7-18-38-31(41)29(21-23(2)3)34-32(42)33(38)14-19-36(20-15-33)22-28-24(4)35-39(25(28)5)27-12-10-26(11-13-27)30(40)37-16-8-9-17-37;;/h10-13,23,29H,6-9,14-22H2,1-5H3,(H,34,42);2*1H/t29-;;/m0../s1. The molecule has 11 heteroatoms. The van der Waals surface area contributed by atoms with E-state index in [4.69, 9.17) is 5.10 Å². The van der Waals surface area contributed by atoms with E-state index in [2.05, 4.69) is 37.9 Å². The monoisotopic (exact) mass is 648 g/mol. The molecule has 0 aliphatic carbocycles. The number of piperazine rings is 1. The van der Waals surface area contributed by atoms with Crippen molar-refractivity contribution < 1.29 is 14.4 Å². The highest BCUT2D eigenvalue weighted by atomic mass is 35.5. The van der Waals surface area contributed by atoms with E-state index in [0.717, 1.165) is 81.0 Å². The summed E-state index contributed by atoms with van der Waals surface area (Å²) in [6.07, 6.45) is 6.01. The maximum atomic E-state index is 13.6. The number of carbonyl (C=O) groups is 3. The number of halogens is 2. The van der Waals surface area contributed by atoms with Crippen molar-refractivity contribution in [3.8, 4) is 5.69 Å². The van der Waals surface area contributed by atoms with Crippen molar-refractivity contribution in [1.29, 1.82) is 0 Å². The second-order valence-corrected chi connectivity index (χ2v) is 12.9. The minimum atomic E-state index is -0.751. The zero-order valence-electron chi connectivity index (χ0n) is 26.9. The van der Waals surface area contributed by atoms with Gasteiger partial charge in [-0.1, -0.05) is 27.2 Å². The highest BCUT2D eigenvalue weighted by Crippen LogP contribution is 2.35. The van der Waals surface area contributed by atoms with Gasteiger partial charge in [0, 0.05) is 56.1 Å². The van der Waals surface area contributed by atoms with Gasteiger partial charge in [-0.25, -0.2) is 4.68 Å². The number of amides is 3. The van der Waals surface area contributed by atoms with Crippen LogP contribution in [0, 0.1) is 19.8 Å². The largest absolute Gasteiger partial charge is 0.342 e. The number of hydrogen-bond acceptors (Lipinski definition) is 5. The highest BCUT2D eigenvalue weighted by molar-refractivity contribution is 6.00. The van der Waals surface area contributed by atoms with Crippen LogP contribution in [0.4, 0.5) is 0 Å². The molecule has 0 radical (unpaired) electrons. The van der Waals surface area contributed by atoms with Crippen molar-refractivity contribution in [2.75, 3.05) is 32.7 Å². The number of unbranched alkanes of at least 4 members (excludes halogenated alkanes) is 1. The van der Waals surface area contributed by atoms with Crippen LogP contribution < -0.4 is 5.32 Å². The Morgan fingerprint density at radius 2 is 1.66 bits per heavy atom. The number of nitrogens with one attached hydrogen (secondary N) is 1. The van der Waals surface area contributed by atoms with Gasteiger partial charge >= 0.3 is 0 Å². The molecule has 44 heavy (non-hydrogen) atoms. The Labute approximate surface area is 274 Å². The van der Waals surface area contributed by atoms with Gasteiger partial charge in [0.2, 0.25) is 11.8 Å². The van der Waals surface area contributed by atoms with Crippen molar-refractivity contribution in [1.82, 2.24) is 29.8 Å². The van der Waals surface area contributed by atoms with E-state index in [9.17, 15) is 14.4 Å². The molecule has 3 aliphatic rings. The third-order valence-electron chi connectivity index (χ3n) is 9.51. The molecule has 0 bridgehead atoms. The van der Waals surface area contributed by atoms with Gasteiger partial charge in [0.05, 0.1) is 11.4 Å². The van der Waals surface area contributed by atoms with E-state index in [-0.39, 0.29) is 42.5 Å². The Kier molecular flexibility index (Phi) is 12.3. The number of carbonyl (C=O) groups excluding carboxylic acids is 3. The van der Waals surface area contributed by atoms with Gasteiger partial charge in [0.15, 0.2) is 0 Å². The number of rotatable bonds is 9. The lowest BCUT2D eigenvalue weighted by atomic mass is 9.80. The molecule has 1 N–H and O–H groups in total. The Bertz CT molecular complexity index is 1300. The molecule has 1 aromatic heterocycles. The fourth-order valence-corrected chi connectivity index (χ4v) is 6.95. The second-order valence-electron chi connectivity index (χ2n) is 12.9. The molecule has 4 heterocycles.